The summed E-state index contributed by atoms with van der Waals surface area (Å²) in [5.41, 5.74) is 2.60. The van der Waals surface area contributed by atoms with Crippen LogP contribution in [0.25, 0.3) is 33.4 Å². The maximum absolute atomic E-state index is 11.8. The van der Waals surface area contributed by atoms with E-state index < -0.39 is 5.97 Å². The van der Waals surface area contributed by atoms with Crippen LogP contribution >= 0.6 is 0 Å². The topological polar surface area (TPSA) is 108 Å². The number of carboxylic acid groups (broad SMARTS) is 1. The molecule has 6 nitrogen and oxygen atoms in total. The Labute approximate surface area is 152 Å². The van der Waals surface area contributed by atoms with E-state index in [0.717, 1.165) is 0 Å². The minimum absolute atomic E-state index is 0.0124. The van der Waals surface area contributed by atoms with Crippen LogP contribution in [0.1, 0.15) is 15.9 Å². The summed E-state index contributed by atoms with van der Waals surface area (Å²) < 4.78 is 5.79. The zero-order chi connectivity index (χ0) is 19.1. The second-order valence-electron chi connectivity index (χ2n) is 6.15. The third-order valence-electron chi connectivity index (χ3n) is 4.47. The zero-order valence-electron chi connectivity index (χ0n) is 14.0. The van der Waals surface area contributed by atoms with Gasteiger partial charge in [-0.1, -0.05) is 6.07 Å². The fraction of sp³-hybridized carbons (Fsp3) is 0.0476. The monoisotopic (exact) mass is 362 g/mol. The van der Waals surface area contributed by atoms with Crippen molar-refractivity contribution < 1.29 is 24.5 Å². The average molecular weight is 362 g/mol. The molecule has 0 spiro atoms. The van der Waals surface area contributed by atoms with Gasteiger partial charge < -0.3 is 19.7 Å². The maximum Gasteiger partial charge on any atom is 0.335 e. The van der Waals surface area contributed by atoms with E-state index in [4.69, 9.17) is 4.42 Å². The van der Waals surface area contributed by atoms with Crippen molar-refractivity contribution in [2.75, 3.05) is 0 Å². The molecule has 2 aromatic carbocycles. The SMILES string of the molecule is O=C(O)c1ccc(-c2c3ccc(=O)cc-3oc3cc(O)ccc23)c(CO)c1. The number of rotatable bonds is 3. The van der Waals surface area contributed by atoms with Gasteiger partial charge in [-0.15, -0.1) is 0 Å². The Balaban J connectivity index is 2.14. The number of benzene rings is 3. The molecule has 134 valence electrons. The summed E-state index contributed by atoms with van der Waals surface area (Å²) >= 11 is 0. The van der Waals surface area contributed by atoms with Gasteiger partial charge in [-0.05, 0) is 47.5 Å². The first-order valence-corrected chi connectivity index (χ1v) is 8.15. The Hall–Kier alpha value is -3.64. The van der Waals surface area contributed by atoms with Crippen LogP contribution in [0.3, 0.4) is 0 Å². The smallest absolute Gasteiger partial charge is 0.335 e. The van der Waals surface area contributed by atoms with Crippen molar-refractivity contribution in [1.82, 2.24) is 0 Å². The van der Waals surface area contributed by atoms with Crippen molar-refractivity contribution in [3.05, 3.63) is 75.9 Å². The highest BCUT2D eigenvalue weighted by Gasteiger charge is 2.20. The van der Waals surface area contributed by atoms with Crippen molar-refractivity contribution in [3.8, 4) is 28.2 Å². The van der Waals surface area contributed by atoms with E-state index in [1.807, 2.05) is 0 Å². The highest BCUT2D eigenvalue weighted by molar-refractivity contribution is 6.03. The van der Waals surface area contributed by atoms with Crippen molar-refractivity contribution in [2.45, 2.75) is 6.61 Å². The molecule has 0 aromatic heterocycles. The number of phenolic OH excluding ortho intramolecular Hbond substituents is 1. The molecule has 1 aliphatic heterocycles. The highest BCUT2D eigenvalue weighted by atomic mass is 16.4. The molecule has 3 N–H and O–H groups in total. The van der Waals surface area contributed by atoms with E-state index in [2.05, 4.69) is 0 Å². The summed E-state index contributed by atoms with van der Waals surface area (Å²) in [7, 11) is 0. The number of hydrogen-bond acceptors (Lipinski definition) is 5. The molecule has 0 saturated carbocycles. The fourth-order valence-corrected chi connectivity index (χ4v) is 3.25. The predicted molar refractivity (Wildman–Crippen MR) is 99.1 cm³/mol. The molecule has 1 heterocycles. The van der Waals surface area contributed by atoms with Gasteiger partial charge in [0.1, 0.15) is 17.1 Å². The average Bonchev–Trinajstić information content (AvgIpc) is 2.65. The number of carbonyl (C=O) groups is 1. The van der Waals surface area contributed by atoms with Crippen molar-refractivity contribution >= 4 is 16.9 Å². The van der Waals surface area contributed by atoms with Gasteiger partial charge in [-0.3, -0.25) is 4.79 Å². The number of carboxylic acids is 1. The first-order valence-electron chi connectivity index (χ1n) is 8.15. The minimum Gasteiger partial charge on any atom is -0.508 e. The van der Waals surface area contributed by atoms with Crippen LogP contribution in [0.5, 0.6) is 5.75 Å². The Morgan fingerprint density at radius 2 is 1.74 bits per heavy atom. The lowest BCUT2D eigenvalue weighted by molar-refractivity contribution is 0.0696. The summed E-state index contributed by atoms with van der Waals surface area (Å²) in [6.45, 7) is -0.358. The molecular weight excluding hydrogens is 348 g/mol. The van der Waals surface area contributed by atoms with Crippen molar-refractivity contribution in [1.29, 1.82) is 0 Å². The predicted octanol–water partition coefficient (Wildman–Crippen LogP) is 3.46. The largest absolute Gasteiger partial charge is 0.508 e. The van der Waals surface area contributed by atoms with Crippen LogP contribution in [-0.2, 0) is 6.61 Å². The molecule has 0 fully saturated rings. The van der Waals surface area contributed by atoms with E-state index in [0.29, 0.717) is 39.0 Å². The van der Waals surface area contributed by atoms with Crippen LogP contribution < -0.4 is 5.43 Å². The summed E-state index contributed by atoms with van der Waals surface area (Å²) in [5.74, 6) is -0.741. The van der Waals surface area contributed by atoms with Crippen LogP contribution in [0.15, 0.2) is 63.8 Å². The first kappa shape index (κ1) is 16.8. The lowest BCUT2D eigenvalue weighted by Crippen LogP contribution is -2.02. The van der Waals surface area contributed by atoms with Gasteiger partial charge in [-0.2, -0.15) is 0 Å². The van der Waals surface area contributed by atoms with Crippen molar-refractivity contribution in [2.24, 2.45) is 0 Å². The van der Waals surface area contributed by atoms with Gasteiger partial charge in [0.2, 0.25) is 0 Å². The summed E-state index contributed by atoms with van der Waals surface area (Å²) in [4.78, 5) is 23.0. The molecular formula is C21H14O6. The summed E-state index contributed by atoms with van der Waals surface area (Å²) in [5, 5.41) is 29.5. The Morgan fingerprint density at radius 3 is 2.48 bits per heavy atom. The molecule has 0 amide bonds. The van der Waals surface area contributed by atoms with E-state index in [-0.39, 0.29) is 23.3 Å². The van der Waals surface area contributed by atoms with Crippen LogP contribution in [-0.4, -0.2) is 21.3 Å². The third-order valence-corrected chi connectivity index (χ3v) is 4.47. The lowest BCUT2D eigenvalue weighted by Gasteiger charge is -2.17. The lowest BCUT2D eigenvalue weighted by atomic mass is 9.90. The molecule has 2 aromatic rings. The minimum atomic E-state index is -1.09. The van der Waals surface area contributed by atoms with Gasteiger partial charge in [0.25, 0.3) is 0 Å². The standard InChI is InChI=1S/C21H14O6/c22-10-12-7-11(21(25)26)1-4-15(12)20-16-5-2-13(23)8-18(16)27-19-9-14(24)3-6-17(19)20/h1-9,22-23H,10H2,(H,25,26). The molecule has 1 aliphatic carbocycles. The van der Waals surface area contributed by atoms with E-state index in [9.17, 15) is 24.9 Å². The highest BCUT2D eigenvalue weighted by Crippen LogP contribution is 2.42. The zero-order valence-corrected chi connectivity index (χ0v) is 14.0. The number of hydrogen-bond donors (Lipinski definition) is 3. The quantitative estimate of drug-likeness (QED) is 0.482. The summed E-state index contributed by atoms with van der Waals surface area (Å²) in [6, 6.07) is 13.5. The van der Waals surface area contributed by atoms with Crippen LogP contribution in [0, 0.1) is 0 Å². The summed E-state index contributed by atoms with van der Waals surface area (Å²) in [6.07, 6.45) is 0. The van der Waals surface area contributed by atoms with Crippen LogP contribution in [0.2, 0.25) is 0 Å². The number of aliphatic hydroxyl groups is 1. The fourth-order valence-electron chi connectivity index (χ4n) is 3.25. The molecule has 0 atom stereocenters. The van der Waals surface area contributed by atoms with Gasteiger partial charge in [0, 0.05) is 28.6 Å². The first-order chi connectivity index (χ1) is 13.0. The number of aromatic hydroxyl groups is 1. The molecule has 0 radical (unpaired) electrons. The molecule has 0 bridgehead atoms. The molecule has 0 unspecified atom stereocenters. The maximum atomic E-state index is 11.8. The van der Waals surface area contributed by atoms with E-state index in [1.165, 1.54) is 36.4 Å². The molecule has 2 aliphatic rings. The molecule has 0 saturated heterocycles. The van der Waals surface area contributed by atoms with Gasteiger partial charge in [-0.25, -0.2) is 4.79 Å². The van der Waals surface area contributed by atoms with E-state index in [1.54, 1.807) is 18.2 Å². The number of aliphatic hydroxyl groups excluding tert-OH is 1. The number of fused-ring (bicyclic) bond motifs is 2. The molecule has 27 heavy (non-hydrogen) atoms. The van der Waals surface area contributed by atoms with E-state index >= 15 is 0 Å². The van der Waals surface area contributed by atoms with Crippen LogP contribution in [0.4, 0.5) is 0 Å². The third kappa shape index (κ3) is 2.82. The normalized spacial score (nSPS) is 11.1. The number of phenols is 1. The Kier molecular flexibility index (Phi) is 3.90. The number of aromatic carboxylic acids is 1. The molecule has 6 heteroatoms. The van der Waals surface area contributed by atoms with Gasteiger partial charge >= 0.3 is 5.97 Å². The Morgan fingerprint density at radius 1 is 0.963 bits per heavy atom. The van der Waals surface area contributed by atoms with Gasteiger partial charge in [0.05, 0.1) is 12.2 Å². The van der Waals surface area contributed by atoms with Crippen molar-refractivity contribution in [3.63, 3.8) is 0 Å². The molecule has 4 rings (SSSR count). The second-order valence-corrected chi connectivity index (χ2v) is 6.15. The van der Waals surface area contributed by atoms with Gasteiger partial charge in [0.15, 0.2) is 5.43 Å². The second kappa shape index (κ2) is 6.26. The Bertz CT molecular complexity index is 1220.